The molecule has 0 aliphatic rings. The van der Waals surface area contributed by atoms with E-state index in [1.54, 1.807) is 20.8 Å². The third kappa shape index (κ3) is 7.33. The van der Waals surface area contributed by atoms with E-state index in [1.165, 1.54) is 0 Å². The van der Waals surface area contributed by atoms with E-state index in [0.29, 0.717) is 12.8 Å². The van der Waals surface area contributed by atoms with Gasteiger partial charge in [-0.3, -0.25) is 0 Å². The van der Waals surface area contributed by atoms with Crippen molar-refractivity contribution < 1.29 is 14.6 Å². The van der Waals surface area contributed by atoms with Crippen molar-refractivity contribution in [1.82, 2.24) is 0 Å². The molecular weight excluding hydrogens is 194 g/mol. The van der Waals surface area contributed by atoms with Crippen LogP contribution >= 0.6 is 0 Å². The smallest absolute Gasteiger partial charge is 0.335 e. The number of rotatable bonds is 5. The molecule has 0 heterocycles. The predicted octanol–water partition coefficient (Wildman–Crippen LogP) is 1.21. The second-order valence-corrected chi connectivity index (χ2v) is 4.79. The summed E-state index contributed by atoms with van der Waals surface area (Å²) in [6, 6.07) is 0.0436. The Hall–Kier alpha value is -0.610. The first-order valence-corrected chi connectivity index (χ1v) is 5.42. The van der Waals surface area contributed by atoms with E-state index < -0.39 is 17.7 Å². The second kappa shape index (κ2) is 6.08. The Kier molecular flexibility index (Phi) is 5.83. The van der Waals surface area contributed by atoms with Crippen LogP contribution in [-0.2, 0) is 9.53 Å². The number of aliphatic hydroxyl groups excluding tert-OH is 1. The third-order valence-electron chi connectivity index (χ3n) is 2.01. The van der Waals surface area contributed by atoms with E-state index >= 15 is 0 Å². The summed E-state index contributed by atoms with van der Waals surface area (Å²) in [6.45, 7) is 7.30. The van der Waals surface area contributed by atoms with Gasteiger partial charge in [-0.25, -0.2) is 4.79 Å². The molecule has 4 nitrogen and oxygen atoms in total. The van der Waals surface area contributed by atoms with Gasteiger partial charge >= 0.3 is 5.97 Å². The summed E-state index contributed by atoms with van der Waals surface area (Å²) in [7, 11) is 0. The molecule has 0 amide bonds. The Bertz CT molecular complexity index is 198. The van der Waals surface area contributed by atoms with Crippen LogP contribution in [0, 0.1) is 0 Å². The van der Waals surface area contributed by atoms with Gasteiger partial charge in [0.2, 0.25) is 0 Å². The van der Waals surface area contributed by atoms with Crippen LogP contribution in [0.1, 0.15) is 47.0 Å². The van der Waals surface area contributed by atoms with Crippen LogP contribution in [0.2, 0.25) is 0 Å². The first kappa shape index (κ1) is 14.4. The van der Waals surface area contributed by atoms with Gasteiger partial charge in [0.05, 0.1) is 0 Å². The van der Waals surface area contributed by atoms with Gasteiger partial charge in [-0.05, 0) is 40.0 Å². The molecule has 0 aliphatic heterocycles. The zero-order chi connectivity index (χ0) is 12.1. The van der Waals surface area contributed by atoms with Gasteiger partial charge in [-0.15, -0.1) is 0 Å². The highest BCUT2D eigenvalue weighted by molar-refractivity contribution is 5.74. The van der Waals surface area contributed by atoms with Crippen molar-refractivity contribution in [3.8, 4) is 0 Å². The monoisotopic (exact) mass is 217 g/mol. The molecule has 0 aliphatic carbocycles. The molecule has 0 saturated carbocycles. The maximum absolute atomic E-state index is 11.3. The number of carbonyl (C=O) groups is 1. The Morgan fingerprint density at radius 2 is 1.93 bits per heavy atom. The van der Waals surface area contributed by atoms with Crippen molar-refractivity contribution >= 4 is 5.97 Å². The molecule has 3 N–H and O–H groups in total. The fraction of sp³-hybridized carbons (Fsp3) is 0.909. The fourth-order valence-electron chi connectivity index (χ4n) is 1.06. The summed E-state index contributed by atoms with van der Waals surface area (Å²) in [6.07, 6.45) is 0.795. The van der Waals surface area contributed by atoms with Crippen molar-refractivity contribution in [2.45, 2.75) is 64.7 Å². The average molecular weight is 217 g/mol. The van der Waals surface area contributed by atoms with Crippen LogP contribution < -0.4 is 5.73 Å². The van der Waals surface area contributed by atoms with Crippen molar-refractivity contribution in [2.24, 2.45) is 5.73 Å². The second-order valence-electron chi connectivity index (χ2n) is 4.79. The minimum atomic E-state index is -1.05. The minimum Gasteiger partial charge on any atom is -0.458 e. The summed E-state index contributed by atoms with van der Waals surface area (Å²) in [5.74, 6) is -0.564. The van der Waals surface area contributed by atoms with Crippen LogP contribution in [0.25, 0.3) is 0 Å². The summed E-state index contributed by atoms with van der Waals surface area (Å²) >= 11 is 0. The first-order chi connectivity index (χ1) is 6.76. The quantitative estimate of drug-likeness (QED) is 0.679. The van der Waals surface area contributed by atoms with Crippen LogP contribution in [0.15, 0.2) is 0 Å². The van der Waals surface area contributed by atoms with Gasteiger partial charge in [0.1, 0.15) is 5.60 Å². The highest BCUT2D eigenvalue weighted by atomic mass is 16.6. The zero-order valence-corrected chi connectivity index (χ0v) is 10.1. The van der Waals surface area contributed by atoms with E-state index in [2.05, 4.69) is 0 Å². The van der Waals surface area contributed by atoms with Gasteiger partial charge in [-0.1, -0.05) is 6.92 Å². The molecule has 0 aromatic carbocycles. The average Bonchev–Trinajstić information content (AvgIpc) is 2.10. The number of aliphatic hydroxyl groups is 1. The Balaban J connectivity index is 3.90. The van der Waals surface area contributed by atoms with Crippen molar-refractivity contribution in [3.05, 3.63) is 0 Å². The van der Waals surface area contributed by atoms with Crippen molar-refractivity contribution in [2.75, 3.05) is 0 Å². The molecule has 0 rings (SSSR count). The lowest BCUT2D eigenvalue weighted by molar-refractivity contribution is -0.165. The molecule has 2 atom stereocenters. The lowest BCUT2D eigenvalue weighted by Crippen LogP contribution is -2.33. The summed E-state index contributed by atoms with van der Waals surface area (Å²) in [4.78, 5) is 11.3. The largest absolute Gasteiger partial charge is 0.458 e. The fourth-order valence-corrected chi connectivity index (χ4v) is 1.06. The van der Waals surface area contributed by atoms with Crippen LogP contribution in [0.3, 0.4) is 0 Å². The number of hydrogen-bond donors (Lipinski definition) is 2. The molecule has 0 aromatic heterocycles. The summed E-state index contributed by atoms with van der Waals surface area (Å²) in [5, 5.41) is 9.50. The number of ether oxygens (including phenoxy) is 1. The lowest BCUT2D eigenvalue weighted by Gasteiger charge is -2.22. The van der Waals surface area contributed by atoms with Crippen LogP contribution in [-0.4, -0.2) is 28.8 Å². The number of hydrogen-bond acceptors (Lipinski definition) is 4. The van der Waals surface area contributed by atoms with Gasteiger partial charge in [-0.2, -0.15) is 0 Å². The zero-order valence-electron chi connectivity index (χ0n) is 10.1. The predicted molar refractivity (Wildman–Crippen MR) is 59.4 cm³/mol. The normalized spacial score (nSPS) is 15.9. The Morgan fingerprint density at radius 1 is 1.40 bits per heavy atom. The third-order valence-corrected chi connectivity index (χ3v) is 2.01. The van der Waals surface area contributed by atoms with Crippen LogP contribution in [0.4, 0.5) is 0 Å². The van der Waals surface area contributed by atoms with Gasteiger partial charge < -0.3 is 15.6 Å². The molecule has 90 valence electrons. The van der Waals surface area contributed by atoms with Crippen molar-refractivity contribution in [1.29, 1.82) is 0 Å². The molecule has 0 fully saturated rings. The molecular formula is C11H23NO3. The summed E-state index contributed by atoms with van der Waals surface area (Å²) < 4.78 is 5.04. The summed E-state index contributed by atoms with van der Waals surface area (Å²) in [5.41, 5.74) is 5.13. The SMILES string of the molecule is CCC(N)CCC(O)C(=O)OC(C)(C)C. The number of nitrogens with two attached hydrogens (primary N) is 1. The van der Waals surface area contributed by atoms with E-state index in [9.17, 15) is 9.90 Å². The first-order valence-electron chi connectivity index (χ1n) is 5.42. The van der Waals surface area contributed by atoms with Crippen molar-refractivity contribution in [3.63, 3.8) is 0 Å². The number of carbonyl (C=O) groups excluding carboxylic acids is 1. The Labute approximate surface area is 91.8 Å². The molecule has 15 heavy (non-hydrogen) atoms. The maximum atomic E-state index is 11.3. The highest BCUT2D eigenvalue weighted by Gasteiger charge is 2.23. The van der Waals surface area contributed by atoms with E-state index in [-0.39, 0.29) is 6.04 Å². The van der Waals surface area contributed by atoms with E-state index in [4.69, 9.17) is 10.5 Å². The molecule has 0 bridgehead atoms. The minimum absolute atomic E-state index is 0.0436. The van der Waals surface area contributed by atoms with Gasteiger partial charge in [0.25, 0.3) is 0 Å². The van der Waals surface area contributed by atoms with Crippen LogP contribution in [0.5, 0.6) is 0 Å². The lowest BCUT2D eigenvalue weighted by atomic mass is 10.1. The Morgan fingerprint density at radius 3 is 2.33 bits per heavy atom. The van der Waals surface area contributed by atoms with Gasteiger partial charge in [0.15, 0.2) is 6.10 Å². The molecule has 4 heteroatoms. The number of esters is 1. The molecule has 0 aromatic rings. The standard InChI is InChI=1S/C11H23NO3/c1-5-8(12)6-7-9(13)10(14)15-11(2,3)4/h8-9,13H,5-7,12H2,1-4H3. The van der Waals surface area contributed by atoms with E-state index in [0.717, 1.165) is 6.42 Å². The molecule has 0 spiro atoms. The molecule has 0 saturated heterocycles. The van der Waals surface area contributed by atoms with Gasteiger partial charge in [0, 0.05) is 6.04 Å². The van der Waals surface area contributed by atoms with E-state index in [1.807, 2.05) is 6.92 Å². The maximum Gasteiger partial charge on any atom is 0.335 e. The topological polar surface area (TPSA) is 72.5 Å². The molecule has 2 unspecified atom stereocenters. The molecule has 0 radical (unpaired) electrons. The highest BCUT2D eigenvalue weighted by Crippen LogP contribution is 2.11.